The summed E-state index contributed by atoms with van der Waals surface area (Å²) in [6.07, 6.45) is 6.98. The van der Waals surface area contributed by atoms with Crippen molar-refractivity contribution in [1.82, 2.24) is 0 Å². The Bertz CT molecular complexity index is 448. The number of Topliss-reactive ketones (excluding diaryl/α,β-unsaturated/α-hetero) is 1. The van der Waals surface area contributed by atoms with Crippen LogP contribution >= 0.6 is 0 Å². The zero-order chi connectivity index (χ0) is 17.2. The molecule has 3 heteroatoms. The van der Waals surface area contributed by atoms with Gasteiger partial charge in [0.05, 0.1) is 5.41 Å². The molecule has 0 aliphatic heterocycles. The normalized spacial score (nSPS) is 28.4. The van der Waals surface area contributed by atoms with Gasteiger partial charge in [0, 0.05) is 10.8 Å². The Labute approximate surface area is 135 Å². The van der Waals surface area contributed by atoms with Crippen molar-refractivity contribution < 1.29 is 14.3 Å². The summed E-state index contributed by atoms with van der Waals surface area (Å²) in [6.45, 7) is 13.6. The SMILES string of the molecule is CC(C)(C)C(=O)O[C@@H]1/C=C/CC[C@](C)(C(=O)C(C)(C)C)CC1. The Balaban J connectivity index is 2.82. The van der Waals surface area contributed by atoms with Crippen LogP contribution in [0.3, 0.4) is 0 Å². The summed E-state index contributed by atoms with van der Waals surface area (Å²) in [6, 6.07) is 0. The smallest absolute Gasteiger partial charge is 0.311 e. The summed E-state index contributed by atoms with van der Waals surface area (Å²) in [5.41, 5.74) is -1.18. The number of allylic oxidation sites excluding steroid dienone is 1. The van der Waals surface area contributed by atoms with E-state index in [9.17, 15) is 9.59 Å². The maximum atomic E-state index is 12.8. The average molecular weight is 308 g/mol. The largest absolute Gasteiger partial charge is 0.458 e. The molecule has 0 saturated heterocycles. The van der Waals surface area contributed by atoms with Gasteiger partial charge in [-0.05, 0) is 52.5 Å². The van der Waals surface area contributed by atoms with E-state index in [-0.39, 0.29) is 22.9 Å². The van der Waals surface area contributed by atoms with E-state index in [2.05, 4.69) is 6.92 Å². The third-order valence-corrected chi connectivity index (χ3v) is 4.29. The van der Waals surface area contributed by atoms with E-state index in [1.165, 1.54) is 0 Å². The summed E-state index contributed by atoms with van der Waals surface area (Å²) in [5, 5.41) is 0. The maximum Gasteiger partial charge on any atom is 0.311 e. The lowest BCUT2D eigenvalue weighted by molar-refractivity contribution is -0.157. The Morgan fingerprint density at radius 1 is 1.05 bits per heavy atom. The molecule has 0 aromatic rings. The second-order valence-corrected chi connectivity index (χ2v) is 8.84. The van der Waals surface area contributed by atoms with Gasteiger partial charge in [0.2, 0.25) is 0 Å². The van der Waals surface area contributed by atoms with Gasteiger partial charge in [0.25, 0.3) is 0 Å². The molecule has 3 nitrogen and oxygen atoms in total. The molecule has 0 heterocycles. The molecule has 0 fully saturated rings. The molecule has 0 radical (unpaired) electrons. The van der Waals surface area contributed by atoms with E-state index in [1.54, 1.807) is 0 Å². The minimum absolute atomic E-state index is 0.188. The van der Waals surface area contributed by atoms with Gasteiger partial charge in [0.15, 0.2) is 0 Å². The molecular formula is C19H32O3. The molecule has 0 aromatic carbocycles. The van der Waals surface area contributed by atoms with Crippen LogP contribution in [0.15, 0.2) is 12.2 Å². The minimum Gasteiger partial charge on any atom is -0.458 e. The molecule has 1 aliphatic carbocycles. The zero-order valence-corrected chi connectivity index (χ0v) is 15.3. The van der Waals surface area contributed by atoms with E-state index in [1.807, 2.05) is 53.7 Å². The first-order valence-electron chi connectivity index (χ1n) is 8.29. The fourth-order valence-corrected chi connectivity index (χ4v) is 2.88. The average Bonchev–Trinajstić information content (AvgIpc) is 2.35. The number of esters is 1. The topological polar surface area (TPSA) is 43.4 Å². The Kier molecular flexibility index (Phi) is 5.64. The van der Waals surface area contributed by atoms with Crippen LogP contribution in [0.2, 0.25) is 0 Å². The highest BCUT2D eigenvalue weighted by Crippen LogP contribution is 2.39. The number of ketones is 1. The van der Waals surface area contributed by atoms with E-state index >= 15 is 0 Å². The summed E-state index contributed by atoms with van der Waals surface area (Å²) in [5.74, 6) is 0.114. The third kappa shape index (κ3) is 4.96. The van der Waals surface area contributed by atoms with Crippen molar-refractivity contribution in [3.63, 3.8) is 0 Å². The van der Waals surface area contributed by atoms with Gasteiger partial charge in [-0.25, -0.2) is 0 Å². The van der Waals surface area contributed by atoms with Crippen LogP contribution in [-0.4, -0.2) is 17.9 Å². The van der Waals surface area contributed by atoms with Gasteiger partial charge >= 0.3 is 5.97 Å². The molecule has 0 amide bonds. The summed E-state index contributed by atoms with van der Waals surface area (Å²) in [7, 11) is 0. The summed E-state index contributed by atoms with van der Waals surface area (Å²) in [4.78, 5) is 24.8. The molecule has 2 atom stereocenters. The fourth-order valence-electron chi connectivity index (χ4n) is 2.88. The minimum atomic E-state index is -0.499. The van der Waals surface area contributed by atoms with E-state index < -0.39 is 5.41 Å². The number of hydrogen-bond acceptors (Lipinski definition) is 3. The Morgan fingerprint density at radius 3 is 2.14 bits per heavy atom. The number of carbonyl (C=O) groups excluding carboxylic acids is 2. The van der Waals surface area contributed by atoms with E-state index in [0.29, 0.717) is 12.2 Å². The Morgan fingerprint density at radius 2 is 1.64 bits per heavy atom. The van der Waals surface area contributed by atoms with E-state index in [4.69, 9.17) is 4.74 Å². The first-order valence-corrected chi connectivity index (χ1v) is 8.29. The predicted octanol–water partition coefficient (Wildman–Crippen LogP) is 4.70. The van der Waals surface area contributed by atoms with Crippen LogP contribution in [0.5, 0.6) is 0 Å². The van der Waals surface area contributed by atoms with Gasteiger partial charge in [-0.3, -0.25) is 9.59 Å². The molecule has 1 aliphatic rings. The highest BCUT2D eigenvalue weighted by molar-refractivity contribution is 5.89. The van der Waals surface area contributed by atoms with Gasteiger partial charge in [-0.15, -0.1) is 0 Å². The molecule has 22 heavy (non-hydrogen) atoms. The van der Waals surface area contributed by atoms with Gasteiger partial charge in [-0.1, -0.05) is 33.8 Å². The lowest BCUT2D eigenvalue weighted by Crippen LogP contribution is -2.38. The van der Waals surface area contributed by atoms with Crippen LogP contribution in [0.1, 0.15) is 74.1 Å². The van der Waals surface area contributed by atoms with Crippen molar-refractivity contribution >= 4 is 11.8 Å². The van der Waals surface area contributed by atoms with Crippen LogP contribution in [0.4, 0.5) is 0 Å². The number of rotatable bonds is 2. The van der Waals surface area contributed by atoms with Crippen molar-refractivity contribution in [2.75, 3.05) is 0 Å². The summed E-state index contributed by atoms with van der Waals surface area (Å²) >= 11 is 0. The van der Waals surface area contributed by atoms with Crippen molar-refractivity contribution in [1.29, 1.82) is 0 Å². The van der Waals surface area contributed by atoms with Crippen LogP contribution in [-0.2, 0) is 14.3 Å². The molecule has 0 bridgehead atoms. The van der Waals surface area contributed by atoms with Crippen molar-refractivity contribution in [2.24, 2.45) is 16.2 Å². The highest BCUT2D eigenvalue weighted by Gasteiger charge is 2.40. The van der Waals surface area contributed by atoms with Gasteiger partial charge in [0.1, 0.15) is 11.9 Å². The monoisotopic (exact) mass is 308 g/mol. The molecular weight excluding hydrogens is 276 g/mol. The van der Waals surface area contributed by atoms with Crippen LogP contribution < -0.4 is 0 Å². The van der Waals surface area contributed by atoms with Crippen LogP contribution in [0, 0.1) is 16.2 Å². The van der Waals surface area contributed by atoms with E-state index in [0.717, 1.165) is 19.3 Å². The molecule has 1 rings (SSSR count). The molecule has 0 unspecified atom stereocenters. The van der Waals surface area contributed by atoms with Crippen molar-refractivity contribution in [2.45, 2.75) is 80.3 Å². The molecule has 0 N–H and O–H groups in total. The second kappa shape index (κ2) is 6.55. The predicted molar refractivity (Wildman–Crippen MR) is 89.5 cm³/mol. The lowest BCUT2D eigenvalue weighted by atomic mass is 9.68. The Hall–Kier alpha value is -1.12. The number of carbonyl (C=O) groups is 2. The molecule has 0 aromatic heterocycles. The van der Waals surface area contributed by atoms with Gasteiger partial charge < -0.3 is 4.74 Å². The first-order chi connectivity index (χ1) is 9.86. The number of hydrogen-bond donors (Lipinski definition) is 0. The number of ether oxygens (including phenoxy) is 1. The third-order valence-electron chi connectivity index (χ3n) is 4.29. The standard InChI is InChI=1S/C19H32O3/c1-17(2,3)15(20)19(7)12-9-8-10-14(11-13-19)22-16(21)18(4,5)6/h8,10,14H,9,11-13H2,1-7H3/b10-8+/t14-,19+/m1/s1. The molecule has 0 saturated carbocycles. The van der Waals surface area contributed by atoms with Crippen LogP contribution in [0.25, 0.3) is 0 Å². The first kappa shape index (κ1) is 18.9. The zero-order valence-electron chi connectivity index (χ0n) is 15.3. The maximum absolute atomic E-state index is 12.8. The lowest BCUT2D eigenvalue weighted by Gasteiger charge is -2.36. The molecule has 0 spiro atoms. The van der Waals surface area contributed by atoms with Crippen molar-refractivity contribution in [3.05, 3.63) is 12.2 Å². The summed E-state index contributed by atoms with van der Waals surface area (Å²) < 4.78 is 5.61. The highest BCUT2D eigenvalue weighted by atomic mass is 16.5. The van der Waals surface area contributed by atoms with Gasteiger partial charge in [-0.2, -0.15) is 0 Å². The van der Waals surface area contributed by atoms with Crippen molar-refractivity contribution in [3.8, 4) is 0 Å². The second-order valence-electron chi connectivity index (χ2n) is 8.84. The quantitative estimate of drug-likeness (QED) is 0.549. The molecule has 126 valence electrons. The fraction of sp³-hybridized carbons (Fsp3) is 0.789.